The van der Waals surface area contributed by atoms with Crippen LogP contribution >= 0.6 is 0 Å². The van der Waals surface area contributed by atoms with Crippen molar-refractivity contribution in [3.8, 4) is 0 Å². The van der Waals surface area contributed by atoms with Gasteiger partial charge in [-0.3, -0.25) is 24.6 Å². The molecule has 2 amide bonds. The lowest BCUT2D eigenvalue weighted by atomic mass is 9.91. The Balaban J connectivity index is 1.21. The molecule has 0 saturated carbocycles. The first-order chi connectivity index (χ1) is 21.4. The third-order valence-electron chi connectivity index (χ3n) is 7.99. The molecule has 0 bridgehead atoms. The maximum atomic E-state index is 13.1. The summed E-state index contributed by atoms with van der Waals surface area (Å²) in [7, 11) is 0. The second kappa shape index (κ2) is 13.2. The summed E-state index contributed by atoms with van der Waals surface area (Å²) in [6, 6.07) is 16.8. The minimum atomic E-state index is -0.361. The van der Waals surface area contributed by atoms with Crippen LogP contribution in [0.3, 0.4) is 0 Å². The maximum absolute atomic E-state index is 13.1. The highest BCUT2D eigenvalue weighted by Gasteiger charge is 2.29. The third kappa shape index (κ3) is 8.33. The van der Waals surface area contributed by atoms with Gasteiger partial charge >= 0.3 is 0 Å². The van der Waals surface area contributed by atoms with Gasteiger partial charge < -0.3 is 27.0 Å². The number of pyridine rings is 1. The molecule has 45 heavy (non-hydrogen) atoms. The van der Waals surface area contributed by atoms with Crippen molar-refractivity contribution < 1.29 is 9.59 Å². The van der Waals surface area contributed by atoms with Gasteiger partial charge in [-0.15, -0.1) is 0 Å². The number of carbonyl (C=O) groups is 2. The molecule has 2 unspecified atom stereocenters. The number of nitrogens with zero attached hydrogens (tertiary/aromatic N) is 3. The van der Waals surface area contributed by atoms with E-state index in [1.807, 2.05) is 48.5 Å². The van der Waals surface area contributed by atoms with Crippen molar-refractivity contribution in [3.05, 3.63) is 89.2 Å². The lowest BCUT2D eigenvalue weighted by Crippen LogP contribution is -2.50. The first kappa shape index (κ1) is 31.8. The van der Waals surface area contributed by atoms with Gasteiger partial charge in [0.15, 0.2) is 0 Å². The molecule has 3 aromatic rings. The van der Waals surface area contributed by atoms with Gasteiger partial charge in [-0.1, -0.05) is 6.92 Å². The molecule has 2 aliphatic rings. The van der Waals surface area contributed by atoms with Gasteiger partial charge in [0, 0.05) is 52.5 Å². The average Bonchev–Trinajstić information content (AvgIpc) is 3.13. The van der Waals surface area contributed by atoms with Gasteiger partial charge in [0.25, 0.3) is 11.8 Å². The second-order valence-corrected chi connectivity index (χ2v) is 13.5. The Morgan fingerprint density at radius 3 is 1.89 bits per heavy atom. The zero-order valence-corrected chi connectivity index (χ0v) is 26.8. The van der Waals surface area contributed by atoms with E-state index in [0.717, 1.165) is 48.6 Å². The molecular weight excluding hydrogens is 564 g/mol. The van der Waals surface area contributed by atoms with Crippen LogP contribution in [-0.4, -0.2) is 58.7 Å². The summed E-state index contributed by atoms with van der Waals surface area (Å²) < 4.78 is 0. The standard InChI is InChI=1S/C35H44N8O2/c1-22-17-34(2,3)42-30(38-19-22)23-6-10-27(11-7-23)40-32(44)25-16-26(21-37-20-25)33(45)41-28-12-8-24(9-13-28)31-39-29(14-15-36)18-35(4,5)43-31/h6-13,16,20-22,29H,14-15,17-19,36H2,1-5H3,(H,38,42)(H,39,43)(H,40,44)(H,41,45). The Morgan fingerprint density at radius 2 is 1.33 bits per heavy atom. The molecule has 0 radical (unpaired) electrons. The number of aliphatic imine (C=N–C) groups is 2. The van der Waals surface area contributed by atoms with Crippen LogP contribution in [0.2, 0.25) is 0 Å². The molecule has 0 fully saturated rings. The maximum Gasteiger partial charge on any atom is 0.257 e. The number of nitrogens with two attached hydrogens (primary N) is 1. The van der Waals surface area contributed by atoms with Crippen LogP contribution in [0.1, 0.15) is 85.7 Å². The molecule has 0 spiro atoms. The lowest BCUT2D eigenvalue weighted by molar-refractivity contribution is 0.102. The van der Waals surface area contributed by atoms with Gasteiger partial charge in [0.2, 0.25) is 0 Å². The van der Waals surface area contributed by atoms with Crippen molar-refractivity contribution in [1.82, 2.24) is 15.6 Å². The van der Waals surface area contributed by atoms with E-state index in [9.17, 15) is 9.59 Å². The second-order valence-electron chi connectivity index (χ2n) is 13.5. The van der Waals surface area contributed by atoms with E-state index < -0.39 is 0 Å². The van der Waals surface area contributed by atoms with Crippen molar-refractivity contribution >= 4 is 34.9 Å². The number of rotatable bonds is 8. The number of amides is 2. The predicted molar refractivity (Wildman–Crippen MR) is 181 cm³/mol. The van der Waals surface area contributed by atoms with Gasteiger partial charge in [-0.25, -0.2) is 0 Å². The van der Waals surface area contributed by atoms with Crippen LogP contribution in [0, 0.1) is 5.92 Å². The molecule has 3 heterocycles. The smallest absolute Gasteiger partial charge is 0.257 e. The monoisotopic (exact) mass is 608 g/mol. The fraction of sp³-hybridized carbons (Fsp3) is 0.400. The normalized spacial score (nSPS) is 20.4. The predicted octanol–water partition coefficient (Wildman–Crippen LogP) is 4.98. The Kier molecular flexibility index (Phi) is 9.34. The van der Waals surface area contributed by atoms with Crippen molar-refractivity contribution in [1.29, 1.82) is 0 Å². The summed E-state index contributed by atoms with van der Waals surface area (Å²) >= 11 is 0. The zero-order valence-electron chi connectivity index (χ0n) is 26.8. The number of aromatic nitrogens is 1. The molecule has 10 heteroatoms. The van der Waals surface area contributed by atoms with Gasteiger partial charge in [0.05, 0.1) is 17.2 Å². The molecule has 2 aromatic carbocycles. The number of benzene rings is 2. The van der Waals surface area contributed by atoms with E-state index in [-0.39, 0.29) is 40.1 Å². The number of carbonyl (C=O) groups excluding carboxylic acids is 2. The zero-order chi connectivity index (χ0) is 32.2. The summed E-state index contributed by atoms with van der Waals surface area (Å²) in [5.41, 5.74) is 9.37. The number of anilines is 2. The van der Waals surface area contributed by atoms with Gasteiger partial charge in [0.1, 0.15) is 11.7 Å². The van der Waals surface area contributed by atoms with Crippen molar-refractivity contribution in [2.75, 3.05) is 23.7 Å². The molecule has 6 N–H and O–H groups in total. The highest BCUT2D eigenvalue weighted by molar-refractivity contribution is 6.09. The van der Waals surface area contributed by atoms with E-state index in [1.54, 1.807) is 0 Å². The summed E-state index contributed by atoms with van der Waals surface area (Å²) in [6.07, 6.45) is 5.68. The van der Waals surface area contributed by atoms with E-state index >= 15 is 0 Å². The summed E-state index contributed by atoms with van der Waals surface area (Å²) in [4.78, 5) is 39.9. The highest BCUT2D eigenvalue weighted by Crippen LogP contribution is 2.24. The molecule has 10 nitrogen and oxygen atoms in total. The minimum Gasteiger partial charge on any atom is -0.365 e. The Morgan fingerprint density at radius 1 is 0.822 bits per heavy atom. The van der Waals surface area contributed by atoms with Crippen molar-refractivity contribution in [3.63, 3.8) is 0 Å². The number of nitrogens with one attached hydrogen (secondary N) is 4. The fourth-order valence-electron chi connectivity index (χ4n) is 6.00. The van der Waals surface area contributed by atoms with Crippen LogP contribution in [0.5, 0.6) is 0 Å². The Labute approximate surface area is 265 Å². The quantitative estimate of drug-likeness (QED) is 0.244. The molecule has 0 saturated heterocycles. The molecule has 0 aliphatic carbocycles. The summed E-state index contributed by atoms with van der Waals surface area (Å²) in [5, 5.41) is 12.9. The molecule has 2 atom stereocenters. The van der Waals surface area contributed by atoms with Gasteiger partial charge in [-0.05, 0) is 114 Å². The average molecular weight is 609 g/mol. The Hall–Kier alpha value is -4.57. The van der Waals surface area contributed by atoms with Crippen LogP contribution in [0.4, 0.5) is 11.4 Å². The molecular formula is C35H44N8O2. The first-order valence-electron chi connectivity index (χ1n) is 15.6. The Bertz CT molecular complexity index is 1590. The van der Waals surface area contributed by atoms with Crippen LogP contribution < -0.4 is 27.0 Å². The van der Waals surface area contributed by atoms with Crippen LogP contribution in [0.15, 0.2) is 77.0 Å². The SMILES string of the molecule is CC1CN=C(c2ccc(NC(=O)c3cncc(C(=O)Nc4ccc(C5=NC(CCN)CC(C)(C)N5)cc4)c3)cc2)NC(C)(C)C1. The summed E-state index contributed by atoms with van der Waals surface area (Å²) in [6.45, 7) is 12.3. The fourth-order valence-corrected chi connectivity index (χ4v) is 6.00. The largest absolute Gasteiger partial charge is 0.365 e. The topological polar surface area (TPSA) is 146 Å². The van der Waals surface area contributed by atoms with E-state index in [4.69, 9.17) is 15.7 Å². The van der Waals surface area contributed by atoms with E-state index in [2.05, 4.69) is 60.9 Å². The molecule has 1 aromatic heterocycles. The number of hydrogen-bond acceptors (Lipinski definition) is 8. The van der Waals surface area contributed by atoms with Crippen LogP contribution in [0.25, 0.3) is 0 Å². The number of hydrogen-bond donors (Lipinski definition) is 5. The van der Waals surface area contributed by atoms with Crippen LogP contribution in [-0.2, 0) is 0 Å². The third-order valence-corrected chi connectivity index (χ3v) is 7.99. The van der Waals surface area contributed by atoms with Crippen molar-refractivity contribution in [2.45, 2.75) is 71.0 Å². The molecule has 236 valence electrons. The molecule has 5 rings (SSSR count). The lowest BCUT2D eigenvalue weighted by Gasteiger charge is -2.36. The number of amidine groups is 2. The highest BCUT2D eigenvalue weighted by atomic mass is 16.2. The van der Waals surface area contributed by atoms with Gasteiger partial charge in [-0.2, -0.15) is 0 Å². The molecule has 2 aliphatic heterocycles. The van der Waals surface area contributed by atoms with E-state index in [1.165, 1.54) is 18.5 Å². The van der Waals surface area contributed by atoms with Crippen molar-refractivity contribution in [2.24, 2.45) is 21.6 Å². The summed E-state index contributed by atoms with van der Waals surface area (Å²) in [5.74, 6) is 1.47. The minimum absolute atomic E-state index is 0.0525. The first-order valence-corrected chi connectivity index (χ1v) is 15.6. The van der Waals surface area contributed by atoms with E-state index in [0.29, 0.717) is 23.8 Å².